The maximum atomic E-state index is 6.46. The summed E-state index contributed by atoms with van der Waals surface area (Å²) in [6.45, 7) is 0. The van der Waals surface area contributed by atoms with Crippen LogP contribution >= 0.6 is 0 Å². The van der Waals surface area contributed by atoms with Gasteiger partial charge >= 0.3 is 0 Å². The first kappa shape index (κ1) is 18.7. The Morgan fingerprint density at radius 1 is 0.500 bits per heavy atom. The monoisotopic (exact) mass is 428 g/mol. The molecule has 32 heavy (non-hydrogen) atoms. The second-order valence-corrected chi connectivity index (χ2v) is 11.6. The predicted octanol–water partition coefficient (Wildman–Crippen LogP) is 3.75. The van der Waals surface area contributed by atoms with E-state index in [4.69, 9.17) is 9.40 Å². The van der Waals surface area contributed by atoms with E-state index in [-0.39, 0.29) is 0 Å². The normalized spacial score (nSPS) is 11.8. The molecule has 3 aromatic carbocycles. The molecule has 3 aromatic heterocycles. The van der Waals surface area contributed by atoms with Crippen molar-refractivity contribution < 1.29 is 4.42 Å². The lowest BCUT2D eigenvalue weighted by atomic mass is 10.3. The Morgan fingerprint density at radius 3 is 1.59 bits per heavy atom. The zero-order valence-electron chi connectivity index (χ0n) is 17.3. The summed E-state index contributed by atoms with van der Waals surface area (Å²) in [5.41, 5.74) is 3.21. The molecular formula is C28H20N2OSi. The summed E-state index contributed by atoms with van der Waals surface area (Å²) in [7, 11) is -2.69. The molecule has 0 amide bonds. The third-order valence-electron chi connectivity index (χ3n) is 6.14. The maximum absolute atomic E-state index is 6.46. The van der Waals surface area contributed by atoms with Crippen LogP contribution in [0.5, 0.6) is 0 Å². The summed E-state index contributed by atoms with van der Waals surface area (Å²) in [4.78, 5) is 9.26. The number of fused-ring (bicyclic) bond motifs is 3. The van der Waals surface area contributed by atoms with Gasteiger partial charge in [0.05, 0.1) is 0 Å². The van der Waals surface area contributed by atoms with Crippen molar-refractivity contribution >= 4 is 51.0 Å². The van der Waals surface area contributed by atoms with E-state index in [1.807, 2.05) is 18.3 Å². The van der Waals surface area contributed by atoms with Crippen LogP contribution in [0.3, 0.4) is 0 Å². The fourth-order valence-electron chi connectivity index (χ4n) is 4.81. The van der Waals surface area contributed by atoms with Crippen LogP contribution in [-0.4, -0.2) is 18.0 Å². The summed E-state index contributed by atoms with van der Waals surface area (Å²) in [5.74, 6) is 0. The van der Waals surface area contributed by atoms with Crippen molar-refractivity contribution in [1.82, 2.24) is 9.97 Å². The van der Waals surface area contributed by atoms with Crippen LogP contribution in [0.15, 0.2) is 126 Å². The largest absolute Gasteiger partial charge is 0.453 e. The molecule has 0 fully saturated rings. The Morgan fingerprint density at radius 2 is 1.03 bits per heavy atom. The van der Waals surface area contributed by atoms with Gasteiger partial charge in [0.2, 0.25) is 0 Å². The number of aromatic nitrogens is 2. The zero-order chi connectivity index (χ0) is 21.4. The maximum Gasteiger partial charge on any atom is 0.184 e. The molecule has 0 radical (unpaired) electrons. The number of furan rings is 1. The van der Waals surface area contributed by atoms with Crippen molar-refractivity contribution in [2.45, 2.75) is 0 Å². The standard InChI is InChI=1S/C28H20N2OSi/c1-4-11-21(12-5-1)32(22-13-6-2-7-14-22,23-15-8-3-9-16-23)25-18-20-30-27-26-24(31-28(25)27)17-10-19-29-26/h1-20H. The molecular weight excluding hydrogens is 408 g/mol. The van der Waals surface area contributed by atoms with Gasteiger partial charge in [-0.05, 0) is 33.8 Å². The minimum Gasteiger partial charge on any atom is -0.453 e. The number of pyridine rings is 2. The van der Waals surface area contributed by atoms with Crippen LogP contribution in [0, 0.1) is 0 Å². The number of hydrogen-bond donors (Lipinski definition) is 0. The lowest BCUT2D eigenvalue weighted by molar-refractivity contribution is 0.670. The average molecular weight is 429 g/mol. The number of benzene rings is 3. The summed E-state index contributed by atoms with van der Waals surface area (Å²) >= 11 is 0. The van der Waals surface area contributed by atoms with Crippen LogP contribution in [0.1, 0.15) is 0 Å². The first-order valence-corrected chi connectivity index (χ1v) is 12.7. The van der Waals surface area contributed by atoms with E-state index in [1.54, 1.807) is 6.20 Å². The third kappa shape index (κ3) is 2.73. The fraction of sp³-hybridized carbons (Fsp3) is 0. The van der Waals surface area contributed by atoms with E-state index >= 15 is 0 Å². The topological polar surface area (TPSA) is 38.9 Å². The number of rotatable bonds is 4. The van der Waals surface area contributed by atoms with E-state index in [9.17, 15) is 0 Å². The average Bonchev–Trinajstić information content (AvgIpc) is 3.26. The van der Waals surface area contributed by atoms with Gasteiger partial charge in [-0.1, -0.05) is 91.0 Å². The number of hydrogen-bond acceptors (Lipinski definition) is 3. The Kier molecular flexibility index (Phi) is 4.44. The Labute approximate surface area is 187 Å². The third-order valence-corrected chi connectivity index (χ3v) is 10.9. The summed E-state index contributed by atoms with van der Waals surface area (Å²) < 4.78 is 6.46. The second kappa shape index (κ2) is 7.59. The van der Waals surface area contributed by atoms with Crippen LogP contribution in [-0.2, 0) is 0 Å². The van der Waals surface area contributed by atoms with E-state index < -0.39 is 8.07 Å². The van der Waals surface area contributed by atoms with E-state index in [0.29, 0.717) is 0 Å². The molecule has 3 nitrogen and oxygen atoms in total. The Hall–Kier alpha value is -4.02. The first-order valence-electron chi connectivity index (χ1n) is 10.7. The van der Waals surface area contributed by atoms with Crippen molar-refractivity contribution in [3.05, 3.63) is 122 Å². The molecule has 0 aliphatic heterocycles. The molecule has 0 aliphatic rings. The van der Waals surface area contributed by atoms with Crippen molar-refractivity contribution in [3.8, 4) is 0 Å². The minimum absolute atomic E-state index is 0.763. The van der Waals surface area contributed by atoms with E-state index in [0.717, 1.165) is 22.2 Å². The first-order chi connectivity index (χ1) is 15.9. The summed E-state index contributed by atoms with van der Waals surface area (Å²) in [6.07, 6.45) is 3.69. The van der Waals surface area contributed by atoms with Crippen LogP contribution in [0.4, 0.5) is 0 Å². The van der Waals surface area contributed by atoms with E-state index in [1.165, 1.54) is 20.7 Å². The molecule has 152 valence electrons. The van der Waals surface area contributed by atoms with Gasteiger partial charge in [-0.3, -0.25) is 9.97 Å². The van der Waals surface area contributed by atoms with Crippen molar-refractivity contribution in [3.63, 3.8) is 0 Å². The Balaban J connectivity index is 1.82. The predicted molar refractivity (Wildman–Crippen MR) is 133 cm³/mol. The van der Waals surface area contributed by atoms with Crippen LogP contribution in [0.25, 0.3) is 22.2 Å². The molecule has 0 saturated carbocycles. The fourth-order valence-corrected chi connectivity index (χ4v) is 9.65. The van der Waals surface area contributed by atoms with E-state index in [2.05, 4.69) is 102 Å². The molecule has 0 spiro atoms. The highest BCUT2D eigenvalue weighted by Crippen LogP contribution is 2.25. The van der Waals surface area contributed by atoms with Gasteiger partial charge in [-0.15, -0.1) is 0 Å². The van der Waals surface area contributed by atoms with Crippen molar-refractivity contribution in [2.75, 3.05) is 0 Å². The van der Waals surface area contributed by atoms with Crippen molar-refractivity contribution in [1.29, 1.82) is 0 Å². The van der Waals surface area contributed by atoms with Gasteiger partial charge in [0.25, 0.3) is 0 Å². The van der Waals surface area contributed by atoms with Crippen molar-refractivity contribution in [2.24, 2.45) is 0 Å². The van der Waals surface area contributed by atoms with Gasteiger partial charge in [-0.25, -0.2) is 0 Å². The zero-order valence-corrected chi connectivity index (χ0v) is 18.3. The second-order valence-electron chi connectivity index (χ2n) is 7.84. The van der Waals surface area contributed by atoms with Gasteiger partial charge in [0, 0.05) is 17.6 Å². The molecule has 6 aromatic rings. The van der Waals surface area contributed by atoms with Crippen LogP contribution < -0.4 is 20.7 Å². The minimum atomic E-state index is -2.69. The van der Waals surface area contributed by atoms with Gasteiger partial charge in [-0.2, -0.15) is 0 Å². The lowest BCUT2D eigenvalue weighted by Crippen LogP contribution is -2.74. The molecule has 0 saturated heterocycles. The summed E-state index contributed by atoms with van der Waals surface area (Å²) in [5, 5.41) is 5.10. The molecule has 0 N–H and O–H groups in total. The van der Waals surface area contributed by atoms with Gasteiger partial charge in [0.15, 0.2) is 19.2 Å². The highest BCUT2D eigenvalue weighted by atomic mass is 28.3. The van der Waals surface area contributed by atoms with Crippen LogP contribution in [0.2, 0.25) is 0 Å². The molecule has 0 bridgehead atoms. The van der Waals surface area contributed by atoms with Gasteiger partial charge in [0.1, 0.15) is 11.0 Å². The molecule has 6 rings (SSSR count). The summed E-state index contributed by atoms with van der Waals surface area (Å²) in [6, 6.07) is 38.5. The highest BCUT2D eigenvalue weighted by Gasteiger charge is 2.43. The van der Waals surface area contributed by atoms with Gasteiger partial charge < -0.3 is 4.42 Å². The Bertz CT molecular complexity index is 1420. The molecule has 3 heterocycles. The smallest absolute Gasteiger partial charge is 0.184 e. The molecule has 4 heteroatoms. The molecule has 0 aliphatic carbocycles. The SMILES string of the molecule is c1ccc([Si](c2ccccc2)(c2ccccc2)c2ccnc3c2oc2cccnc23)cc1. The quantitative estimate of drug-likeness (QED) is 0.317. The number of nitrogens with zero attached hydrogens (tertiary/aromatic N) is 2. The highest BCUT2D eigenvalue weighted by molar-refractivity contribution is 7.20. The lowest BCUT2D eigenvalue weighted by Gasteiger charge is -2.34. The molecule has 0 unspecified atom stereocenters. The molecule has 0 atom stereocenters.